The van der Waals surface area contributed by atoms with Crippen LogP contribution < -0.4 is 14.8 Å². The van der Waals surface area contributed by atoms with Crippen molar-refractivity contribution < 1.29 is 31.1 Å². The van der Waals surface area contributed by atoms with Crippen LogP contribution >= 0.6 is 0 Å². The first-order valence-corrected chi connectivity index (χ1v) is 14.2. The molecule has 2 aliphatic rings. The second kappa shape index (κ2) is 10.1. The Balaban J connectivity index is 1.67. The largest absolute Gasteiger partial charge is 0.496 e. The molecule has 0 unspecified atom stereocenters. The number of ether oxygens (including phenoxy) is 2. The van der Waals surface area contributed by atoms with Crippen molar-refractivity contribution in [3.05, 3.63) is 42.0 Å². The van der Waals surface area contributed by atoms with Crippen LogP contribution in [0.15, 0.2) is 46.2 Å². The predicted molar refractivity (Wildman–Crippen MR) is 130 cm³/mol. The number of amides is 1. The molecule has 0 spiro atoms. The lowest BCUT2D eigenvalue weighted by Crippen LogP contribution is -2.28. The highest BCUT2D eigenvalue weighted by molar-refractivity contribution is 7.89. The van der Waals surface area contributed by atoms with Crippen molar-refractivity contribution in [3.8, 4) is 11.5 Å². The summed E-state index contributed by atoms with van der Waals surface area (Å²) in [5, 5.41) is 2.67. The topological polar surface area (TPSA) is 122 Å². The van der Waals surface area contributed by atoms with Crippen LogP contribution in [-0.4, -0.2) is 71.8 Å². The molecule has 0 bridgehead atoms. The SMILES string of the molecule is COc1ccc(S(=O)(=O)N2CCCC2)cc1NC(=O)c1cc(S(=O)(=O)N2CCCC2)ccc1OC. The van der Waals surface area contributed by atoms with E-state index in [1.165, 1.54) is 59.2 Å². The van der Waals surface area contributed by atoms with Crippen LogP contribution in [0, 0.1) is 0 Å². The summed E-state index contributed by atoms with van der Waals surface area (Å²) in [6, 6.07) is 8.38. The number of anilines is 1. The van der Waals surface area contributed by atoms with Gasteiger partial charge in [-0.25, -0.2) is 16.8 Å². The van der Waals surface area contributed by atoms with Crippen LogP contribution in [-0.2, 0) is 20.0 Å². The predicted octanol–water partition coefficient (Wildman–Crippen LogP) is 2.53. The molecule has 0 atom stereocenters. The molecule has 2 fully saturated rings. The van der Waals surface area contributed by atoms with Gasteiger partial charge in [-0.15, -0.1) is 0 Å². The molecule has 35 heavy (non-hydrogen) atoms. The van der Waals surface area contributed by atoms with Gasteiger partial charge in [0, 0.05) is 26.2 Å². The van der Waals surface area contributed by atoms with E-state index >= 15 is 0 Å². The van der Waals surface area contributed by atoms with Crippen molar-refractivity contribution in [3.63, 3.8) is 0 Å². The minimum atomic E-state index is -3.75. The number of carbonyl (C=O) groups is 1. The third-order valence-corrected chi connectivity index (χ3v) is 10.0. The minimum absolute atomic E-state index is 0.00243. The summed E-state index contributed by atoms with van der Waals surface area (Å²) < 4.78 is 65.5. The van der Waals surface area contributed by atoms with Crippen LogP contribution in [0.25, 0.3) is 0 Å². The Kier molecular flexibility index (Phi) is 7.36. The van der Waals surface area contributed by atoms with Crippen LogP contribution in [0.4, 0.5) is 5.69 Å². The van der Waals surface area contributed by atoms with Crippen molar-refractivity contribution in [2.45, 2.75) is 35.5 Å². The fourth-order valence-corrected chi connectivity index (χ4v) is 7.40. The van der Waals surface area contributed by atoms with E-state index in [0.29, 0.717) is 26.2 Å². The fraction of sp³-hybridized carbons (Fsp3) is 0.435. The van der Waals surface area contributed by atoms with Crippen LogP contribution in [0.1, 0.15) is 36.0 Å². The highest BCUT2D eigenvalue weighted by Crippen LogP contribution is 2.32. The molecule has 1 amide bonds. The molecule has 0 aliphatic carbocycles. The molecule has 0 saturated carbocycles. The third kappa shape index (κ3) is 5.01. The van der Waals surface area contributed by atoms with Gasteiger partial charge in [0.25, 0.3) is 5.91 Å². The Morgan fingerprint density at radius 3 is 1.69 bits per heavy atom. The maximum absolute atomic E-state index is 13.3. The van der Waals surface area contributed by atoms with Crippen molar-refractivity contribution >= 4 is 31.6 Å². The first-order valence-electron chi connectivity index (χ1n) is 11.4. The van der Waals surface area contributed by atoms with Gasteiger partial charge in [-0.3, -0.25) is 4.79 Å². The van der Waals surface area contributed by atoms with E-state index in [4.69, 9.17) is 9.47 Å². The molecule has 2 heterocycles. The van der Waals surface area contributed by atoms with E-state index in [-0.39, 0.29) is 32.5 Å². The summed E-state index contributed by atoms with van der Waals surface area (Å²) in [5.41, 5.74) is 0.148. The van der Waals surface area contributed by atoms with Crippen LogP contribution in [0.3, 0.4) is 0 Å². The molecule has 0 radical (unpaired) electrons. The van der Waals surface area contributed by atoms with E-state index < -0.39 is 26.0 Å². The molecule has 1 N–H and O–H groups in total. The molecule has 2 saturated heterocycles. The lowest BCUT2D eigenvalue weighted by Gasteiger charge is -2.19. The summed E-state index contributed by atoms with van der Waals surface area (Å²) in [7, 11) is -4.68. The van der Waals surface area contributed by atoms with Gasteiger partial charge < -0.3 is 14.8 Å². The number of hydrogen-bond donors (Lipinski definition) is 1. The van der Waals surface area contributed by atoms with Gasteiger partial charge >= 0.3 is 0 Å². The summed E-state index contributed by atoms with van der Waals surface area (Å²) >= 11 is 0. The fourth-order valence-electron chi connectivity index (χ4n) is 4.31. The number of methoxy groups -OCH3 is 2. The molecular weight excluding hydrogens is 494 g/mol. The van der Waals surface area contributed by atoms with E-state index in [2.05, 4.69) is 5.32 Å². The number of benzene rings is 2. The Hall–Kier alpha value is -2.67. The number of nitrogens with zero attached hydrogens (tertiary/aromatic N) is 2. The molecule has 190 valence electrons. The highest BCUT2D eigenvalue weighted by atomic mass is 32.2. The van der Waals surface area contributed by atoms with Crippen molar-refractivity contribution in [1.29, 1.82) is 0 Å². The van der Waals surface area contributed by atoms with Gasteiger partial charge in [-0.1, -0.05) is 0 Å². The molecule has 0 aromatic heterocycles. The van der Waals surface area contributed by atoms with Gasteiger partial charge in [0.1, 0.15) is 11.5 Å². The van der Waals surface area contributed by atoms with Gasteiger partial charge in [0.15, 0.2) is 0 Å². The first kappa shape index (κ1) is 25.4. The van der Waals surface area contributed by atoms with Crippen molar-refractivity contribution in [2.24, 2.45) is 0 Å². The van der Waals surface area contributed by atoms with E-state index in [1.807, 2.05) is 0 Å². The molecule has 12 heteroatoms. The van der Waals surface area contributed by atoms with Crippen molar-refractivity contribution in [2.75, 3.05) is 45.7 Å². The van der Waals surface area contributed by atoms with Crippen molar-refractivity contribution in [1.82, 2.24) is 8.61 Å². The zero-order valence-electron chi connectivity index (χ0n) is 19.7. The first-order chi connectivity index (χ1) is 16.7. The second-order valence-corrected chi connectivity index (χ2v) is 12.3. The quantitative estimate of drug-likeness (QED) is 0.564. The number of nitrogens with one attached hydrogen (secondary N) is 1. The van der Waals surface area contributed by atoms with Gasteiger partial charge in [0.2, 0.25) is 20.0 Å². The lowest BCUT2D eigenvalue weighted by molar-refractivity contribution is 0.102. The van der Waals surface area contributed by atoms with Gasteiger partial charge in [-0.2, -0.15) is 8.61 Å². The monoisotopic (exact) mass is 523 g/mol. The second-order valence-electron chi connectivity index (χ2n) is 8.40. The molecule has 2 aliphatic heterocycles. The van der Waals surface area contributed by atoms with E-state index in [1.54, 1.807) is 0 Å². The number of carbonyl (C=O) groups excluding carboxylic acids is 1. The van der Waals surface area contributed by atoms with Gasteiger partial charge in [-0.05, 0) is 62.1 Å². The molecule has 4 rings (SSSR count). The molecule has 2 aromatic carbocycles. The number of sulfonamides is 2. The van der Waals surface area contributed by atoms with E-state index in [9.17, 15) is 21.6 Å². The van der Waals surface area contributed by atoms with Gasteiger partial charge in [0.05, 0.1) is 35.3 Å². The maximum atomic E-state index is 13.3. The lowest BCUT2D eigenvalue weighted by atomic mass is 10.1. The Labute approximate surface area is 205 Å². The summed E-state index contributed by atoms with van der Waals surface area (Å²) in [6.07, 6.45) is 3.18. The average molecular weight is 524 g/mol. The Bertz CT molecular complexity index is 1310. The molecular formula is C23H29N3O7S2. The minimum Gasteiger partial charge on any atom is -0.496 e. The summed E-state index contributed by atoms with van der Waals surface area (Å²) in [6.45, 7) is 1.77. The van der Waals surface area contributed by atoms with E-state index in [0.717, 1.165) is 25.7 Å². The zero-order valence-corrected chi connectivity index (χ0v) is 21.3. The highest BCUT2D eigenvalue weighted by Gasteiger charge is 2.30. The third-order valence-electron chi connectivity index (χ3n) is 6.24. The summed E-state index contributed by atoms with van der Waals surface area (Å²) in [5.74, 6) is -0.212. The average Bonchev–Trinajstić information content (AvgIpc) is 3.59. The maximum Gasteiger partial charge on any atom is 0.259 e. The Morgan fingerprint density at radius 1 is 0.743 bits per heavy atom. The molecule has 10 nitrogen and oxygen atoms in total. The van der Waals surface area contributed by atoms with Crippen LogP contribution in [0.5, 0.6) is 11.5 Å². The standard InChI is InChI=1S/C23H29N3O7S2/c1-32-21-9-7-17(34(28,29)25-11-3-4-12-25)15-19(21)23(27)24-20-16-18(8-10-22(20)33-2)35(30,31)26-13-5-6-14-26/h7-10,15-16H,3-6,11-14H2,1-2H3,(H,24,27). The zero-order chi connectivity index (χ0) is 25.2. The smallest absolute Gasteiger partial charge is 0.259 e. The molecule has 2 aromatic rings. The number of rotatable bonds is 8. The number of hydrogen-bond acceptors (Lipinski definition) is 7. The summed E-state index contributed by atoms with van der Waals surface area (Å²) in [4.78, 5) is 13.3. The Morgan fingerprint density at radius 2 is 1.20 bits per heavy atom. The normalized spacial score (nSPS) is 17.4. The van der Waals surface area contributed by atoms with Crippen LogP contribution in [0.2, 0.25) is 0 Å².